The van der Waals surface area contributed by atoms with E-state index in [1.807, 2.05) is 0 Å². The largest absolute Gasteiger partial charge is 0.335 e. The van der Waals surface area contributed by atoms with Crippen LogP contribution in [0.15, 0.2) is 18.2 Å². The lowest BCUT2D eigenvalue weighted by Gasteiger charge is -2.22. The summed E-state index contributed by atoms with van der Waals surface area (Å²) in [5, 5.41) is 14.2. The maximum Gasteiger partial charge on any atom is 0.319 e. The zero-order valence-electron chi connectivity index (χ0n) is 10.6. The number of carbonyl (C=O) groups excluding carboxylic acids is 1. The monoisotopic (exact) mass is 261 g/mol. The second kappa shape index (κ2) is 6.19. The van der Waals surface area contributed by atoms with Crippen LogP contribution in [-0.4, -0.2) is 12.1 Å². The van der Waals surface area contributed by atoms with E-state index in [-0.39, 0.29) is 17.6 Å². The predicted molar refractivity (Wildman–Crippen MR) is 70.1 cm³/mol. The molecule has 1 aromatic rings. The Hall–Kier alpha value is -2.09. The second-order valence-corrected chi connectivity index (χ2v) is 4.74. The van der Waals surface area contributed by atoms with Crippen molar-refractivity contribution in [2.24, 2.45) is 0 Å². The summed E-state index contributed by atoms with van der Waals surface area (Å²) < 4.78 is 13.1. The van der Waals surface area contributed by atoms with Gasteiger partial charge in [-0.2, -0.15) is 5.26 Å². The minimum absolute atomic E-state index is 0.0736. The number of nitrogens with zero attached hydrogens (tertiary/aromatic N) is 1. The Morgan fingerprint density at radius 3 is 2.74 bits per heavy atom. The molecule has 0 aromatic heterocycles. The lowest BCUT2D eigenvalue weighted by atomic mass is 9.96. The number of benzene rings is 1. The summed E-state index contributed by atoms with van der Waals surface area (Å²) in [5.41, 5.74) is 0.349. The third-order valence-electron chi connectivity index (χ3n) is 3.29. The summed E-state index contributed by atoms with van der Waals surface area (Å²) in [6.45, 7) is 0. The van der Waals surface area contributed by atoms with Crippen LogP contribution in [0.1, 0.15) is 37.7 Å². The number of anilines is 1. The number of nitrogens with one attached hydrogen (secondary N) is 2. The number of rotatable bonds is 2. The molecule has 5 heteroatoms. The SMILES string of the molecule is N#Cc1cc(NC(=O)NC2CCCCC2)ccc1F. The van der Waals surface area contributed by atoms with Crippen LogP contribution in [0.3, 0.4) is 0 Å². The molecule has 0 bridgehead atoms. The van der Waals surface area contributed by atoms with Crippen molar-refractivity contribution in [3.05, 3.63) is 29.6 Å². The first kappa shape index (κ1) is 13.3. The Balaban J connectivity index is 1.93. The van der Waals surface area contributed by atoms with Crippen molar-refractivity contribution in [2.75, 3.05) is 5.32 Å². The van der Waals surface area contributed by atoms with Crippen molar-refractivity contribution in [3.63, 3.8) is 0 Å². The van der Waals surface area contributed by atoms with Crippen LogP contribution in [0.4, 0.5) is 14.9 Å². The van der Waals surface area contributed by atoms with E-state index < -0.39 is 5.82 Å². The zero-order valence-corrected chi connectivity index (χ0v) is 10.6. The van der Waals surface area contributed by atoms with Crippen molar-refractivity contribution in [3.8, 4) is 6.07 Å². The van der Waals surface area contributed by atoms with Gasteiger partial charge in [0, 0.05) is 11.7 Å². The highest BCUT2D eigenvalue weighted by molar-refractivity contribution is 5.89. The maximum absolute atomic E-state index is 13.1. The number of urea groups is 1. The van der Waals surface area contributed by atoms with Gasteiger partial charge < -0.3 is 10.6 Å². The normalized spacial score (nSPS) is 15.6. The number of nitriles is 1. The summed E-state index contributed by atoms with van der Waals surface area (Å²) >= 11 is 0. The first-order chi connectivity index (χ1) is 9.19. The molecule has 0 atom stereocenters. The summed E-state index contributed by atoms with van der Waals surface area (Å²) in [5.74, 6) is -0.583. The molecule has 1 aliphatic rings. The Labute approximate surface area is 111 Å². The van der Waals surface area contributed by atoms with Gasteiger partial charge in [0.2, 0.25) is 0 Å². The van der Waals surface area contributed by atoms with Crippen LogP contribution >= 0.6 is 0 Å². The van der Waals surface area contributed by atoms with Gasteiger partial charge in [0.15, 0.2) is 0 Å². The lowest BCUT2D eigenvalue weighted by Crippen LogP contribution is -2.39. The smallest absolute Gasteiger partial charge is 0.319 e. The molecule has 0 saturated heterocycles. The molecular weight excluding hydrogens is 245 g/mol. The first-order valence-corrected chi connectivity index (χ1v) is 6.46. The van der Waals surface area contributed by atoms with Gasteiger partial charge in [0.05, 0.1) is 5.56 Å². The molecule has 2 N–H and O–H groups in total. The molecule has 100 valence electrons. The van der Waals surface area contributed by atoms with Gasteiger partial charge in [0.1, 0.15) is 11.9 Å². The van der Waals surface area contributed by atoms with Crippen LogP contribution < -0.4 is 10.6 Å². The Bertz CT molecular complexity index is 504. The lowest BCUT2D eigenvalue weighted by molar-refractivity contribution is 0.244. The molecule has 2 rings (SSSR count). The standard InChI is InChI=1S/C14H16FN3O/c15-13-7-6-12(8-10(13)9-16)18-14(19)17-11-4-2-1-3-5-11/h6-8,11H,1-5H2,(H2,17,18,19). The summed E-state index contributed by atoms with van der Waals surface area (Å²) in [6, 6.07) is 5.60. The fourth-order valence-electron chi connectivity index (χ4n) is 2.29. The van der Waals surface area contributed by atoms with E-state index in [0.717, 1.165) is 25.7 Å². The highest BCUT2D eigenvalue weighted by Crippen LogP contribution is 2.18. The van der Waals surface area contributed by atoms with Crippen LogP contribution in [-0.2, 0) is 0 Å². The second-order valence-electron chi connectivity index (χ2n) is 4.74. The van der Waals surface area contributed by atoms with E-state index in [1.165, 1.54) is 24.6 Å². The van der Waals surface area contributed by atoms with Crippen LogP contribution in [0.5, 0.6) is 0 Å². The number of hydrogen-bond acceptors (Lipinski definition) is 2. The van der Waals surface area contributed by atoms with Crippen LogP contribution in [0.2, 0.25) is 0 Å². The van der Waals surface area contributed by atoms with E-state index in [9.17, 15) is 9.18 Å². The molecule has 2 amide bonds. The van der Waals surface area contributed by atoms with E-state index in [4.69, 9.17) is 5.26 Å². The Morgan fingerprint density at radius 2 is 2.05 bits per heavy atom. The predicted octanol–water partition coefficient (Wildman–Crippen LogP) is 3.15. The first-order valence-electron chi connectivity index (χ1n) is 6.46. The number of halogens is 1. The van der Waals surface area contributed by atoms with E-state index in [1.54, 1.807) is 6.07 Å². The summed E-state index contributed by atoms with van der Waals surface area (Å²) in [4.78, 5) is 11.8. The maximum atomic E-state index is 13.1. The van der Waals surface area contributed by atoms with Gasteiger partial charge in [-0.25, -0.2) is 9.18 Å². The van der Waals surface area contributed by atoms with Crippen molar-refractivity contribution in [2.45, 2.75) is 38.1 Å². The van der Waals surface area contributed by atoms with Crippen molar-refractivity contribution in [1.29, 1.82) is 5.26 Å². The van der Waals surface area contributed by atoms with Crippen molar-refractivity contribution >= 4 is 11.7 Å². The zero-order chi connectivity index (χ0) is 13.7. The average Bonchev–Trinajstić information content (AvgIpc) is 2.42. The van der Waals surface area contributed by atoms with E-state index in [0.29, 0.717) is 5.69 Å². The average molecular weight is 261 g/mol. The van der Waals surface area contributed by atoms with Crippen LogP contribution in [0, 0.1) is 17.1 Å². The molecule has 1 aliphatic carbocycles. The van der Waals surface area contributed by atoms with Gasteiger partial charge in [-0.05, 0) is 31.0 Å². The molecule has 1 fully saturated rings. The molecule has 0 radical (unpaired) electrons. The molecule has 0 unspecified atom stereocenters. The number of amides is 2. The molecule has 0 aliphatic heterocycles. The third kappa shape index (κ3) is 3.68. The van der Waals surface area contributed by atoms with Crippen molar-refractivity contribution < 1.29 is 9.18 Å². The fourth-order valence-corrected chi connectivity index (χ4v) is 2.29. The highest BCUT2D eigenvalue weighted by Gasteiger charge is 2.15. The Kier molecular flexibility index (Phi) is 4.35. The van der Waals surface area contributed by atoms with Crippen LogP contribution in [0.25, 0.3) is 0 Å². The molecule has 4 nitrogen and oxygen atoms in total. The van der Waals surface area contributed by atoms with Gasteiger partial charge in [0.25, 0.3) is 0 Å². The van der Waals surface area contributed by atoms with E-state index in [2.05, 4.69) is 10.6 Å². The number of carbonyl (C=O) groups is 1. The summed E-state index contributed by atoms with van der Waals surface area (Å²) in [7, 11) is 0. The molecule has 19 heavy (non-hydrogen) atoms. The highest BCUT2D eigenvalue weighted by atomic mass is 19.1. The molecule has 0 heterocycles. The Morgan fingerprint density at radius 1 is 1.32 bits per heavy atom. The van der Waals surface area contributed by atoms with Crippen molar-refractivity contribution in [1.82, 2.24) is 5.32 Å². The number of hydrogen-bond donors (Lipinski definition) is 2. The molecular formula is C14H16FN3O. The quantitative estimate of drug-likeness (QED) is 0.858. The van der Waals surface area contributed by atoms with Gasteiger partial charge >= 0.3 is 6.03 Å². The topological polar surface area (TPSA) is 64.9 Å². The van der Waals surface area contributed by atoms with Gasteiger partial charge in [-0.3, -0.25) is 0 Å². The minimum atomic E-state index is -0.583. The summed E-state index contributed by atoms with van der Waals surface area (Å²) in [6.07, 6.45) is 5.50. The molecule has 1 saturated carbocycles. The molecule has 0 spiro atoms. The molecule has 1 aromatic carbocycles. The van der Waals surface area contributed by atoms with Gasteiger partial charge in [-0.1, -0.05) is 19.3 Å². The minimum Gasteiger partial charge on any atom is -0.335 e. The van der Waals surface area contributed by atoms with E-state index >= 15 is 0 Å². The fraction of sp³-hybridized carbons (Fsp3) is 0.429. The third-order valence-corrected chi connectivity index (χ3v) is 3.29. The van der Waals surface area contributed by atoms with Gasteiger partial charge in [-0.15, -0.1) is 0 Å².